The number of nitrogens with zero attached hydrogens (tertiary/aromatic N) is 2. The average molecular weight is 361 g/mol. The molecular weight excluding hydrogens is 344 g/mol. The zero-order valence-electron chi connectivity index (χ0n) is 14.1. The van der Waals surface area contributed by atoms with Gasteiger partial charge in [0.05, 0.1) is 12.0 Å². The highest BCUT2D eigenvalue weighted by atomic mass is 19.2. The maximum Gasteiger partial charge on any atom is 0.326 e. The predicted octanol–water partition coefficient (Wildman–Crippen LogP) is 2.35. The molecule has 0 amide bonds. The number of pyridine rings is 1. The molecule has 3 rings (SSSR count). The van der Waals surface area contributed by atoms with Gasteiger partial charge in [-0.1, -0.05) is 12.1 Å². The van der Waals surface area contributed by atoms with Crippen LogP contribution < -0.4 is 5.43 Å². The smallest absolute Gasteiger partial charge is 0.326 e. The van der Waals surface area contributed by atoms with E-state index in [1.54, 1.807) is 11.5 Å². The highest BCUT2D eigenvalue weighted by Gasteiger charge is 2.16. The van der Waals surface area contributed by atoms with E-state index in [9.17, 15) is 18.4 Å². The molecule has 2 heterocycles. The highest BCUT2D eigenvalue weighted by molar-refractivity contribution is 5.77. The van der Waals surface area contributed by atoms with Crippen molar-refractivity contribution in [2.75, 3.05) is 6.61 Å². The molecule has 0 saturated carbocycles. The fourth-order valence-corrected chi connectivity index (χ4v) is 2.84. The number of halogens is 2. The van der Waals surface area contributed by atoms with Gasteiger partial charge in [0.2, 0.25) is 0 Å². The van der Waals surface area contributed by atoms with E-state index < -0.39 is 17.6 Å². The molecule has 1 aromatic carbocycles. The van der Waals surface area contributed by atoms with Gasteiger partial charge < -0.3 is 9.30 Å². The van der Waals surface area contributed by atoms with Crippen molar-refractivity contribution in [3.8, 4) is 0 Å². The Morgan fingerprint density at radius 2 is 2.12 bits per heavy atom. The van der Waals surface area contributed by atoms with Crippen LogP contribution in [0.2, 0.25) is 0 Å². The average Bonchev–Trinajstić information content (AvgIpc) is 3.10. The first-order valence-corrected chi connectivity index (χ1v) is 8.16. The van der Waals surface area contributed by atoms with E-state index >= 15 is 0 Å². The van der Waals surface area contributed by atoms with Gasteiger partial charge in [-0.25, -0.2) is 8.78 Å². The standard InChI is InChI=1S/C18H17F2N3O3/c1-2-26-16(25)10-23-12(8-15(24)13-9-21-22-18(13)23)7-6-11-4-3-5-14(19)17(11)20/h3-5,8-9H,2,6-7,10H2,1H3,(H,21,22). The maximum absolute atomic E-state index is 13.9. The van der Waals surface area contributed by atoms with Crippen LogP contribution in [0.25, 0.3) is 11.0 Å². The quantitative estimate of drug-likeness (QED) is 0.684. The zero-order valence-corrected chi connectivity index (χ0v) is 14.1. The topological polar surface area (TPSA) is 77.0 Å². The number of benzene rings is 1. The van der Waals surface area contributed by atoms with Crippen LogP contribution in [0, 0.1) is 11.6 Å². The normalized spacial score (nSPS) is 11.0. The van der Waals surface area contributed by atoms with E-state index in [0.29, 0.717) is 16.7 Å². The first kappa shape index (κ1) is 17.8. The van der Waals surface area contributed by atoms with Gasteiger partial charge in [0.25, 0.3) is 0 Å². The molecule has 6 nitrogen and oxygen atoms in total. The third kappa shape index (κ3) is 3.49. The molecular formula is C18H17F2N3O3. The van der Waals surface area contributed by atoms with Crippen LogP contribution in [0.5, 0.6) is 0 Å². The number of hydrogen-bond donors (Lipinski definition) is 1. The van der Waals surface area contributed by atoms with E-state index in [1.807, 2.05) is 0 Å². The minimum atomic E-state index is -0.922. The minimum Gasteiger partial charge on any atom is -0.465 e. The van der Waals surface area contributed by atoms with E-state index in [1.165, 1.54) is 24.4 Å². The van der Waals surface area contributed by atoms with Crippen molar-refractivity contribution < 1.29 is 18.3 Å². The SMILES string of the molecule is CCOC(=O)Cn1c(CCc2cccc(F)c2F)cc(=O)c2c[nH]nc21. The monoisotopic (exact) mass is 361 g/mol. The zero-order chi connectivity index (χ0) is 18.7. The fourth-order valence-electron chi connectivity index (χ4n) is 2.84. The summed E-state index contributed by atoms with van der Waals surface area (Å²) in [5, 5.41) is 6.99. The van der Waals surface area contributed by atoms with Crippen molar-refractivity contribution >= 4 is 17.0 Å². The Labute approximate surface area is 147 Å². The number of rotatable bonds is 6. The molecule has 3 aromatic rings. The van der Waals surface area contributed by atoms with Crippen LogP contribution in [-0.2, 0) is 28.9 Å². The Morgan fingerprint density at radius 3 is 2.88 bits per heavy atom. The second-order valence-corrected chi connectivity index (χ2v) is 5.73. The molecule has 0 aliphatic rings. The summed E-state index contributed by atoms with van der Waals surface area (Å²) in [5.41, 5.74) is 0.748. The van der Waals surface area contributed by atoms with Crippen LogP contribution in [-0.4, -0.2) is 27.3 Å². The Bertz CT molecular complexity index is 1010. The number of nitrogens with one attached hydrogen (secondary N) is 1. The van der Waals surface area contributed by atoms with Gasteiger partial charge in [0.1, 0.15) is 6.54 Å². The molecule has 0 fully saturated rings. The Balaban J connectivity index is 1.97. The number of aromatic amines is 1. The van der Waals surface area contributed by atoms with Crippen molar-refractivity contribution in [3.63, 3.8) is 0 Å². The Kier molecular flexibility index (Phi) is 5.11. The third-order valence-corrected chi connectivity index (χ3v) is 4.06. The number of aromatic nitrogens is 3. The first-order valence-electron chi connectivity index (χ1n) is 8.16. The second-order valence-electron chi connectivity index (χ2n) is 5.73. The number of ether oxygens (including phenoxy) is 1. The van der Waals surface area contributed by atoms with Gasteiger partial charge in [-0.3, -0.25) is 14.7 Å². The summed E-state index contributed by atoms with van der Waals surface area (Å²) in [4.78, 5) is 24.2. The van der Waals surface area contributed by atoms with Crippen LogP contribution in [0.3, 0.4) is 0 Å². The van der Waals surface area contributed by atoms with Crippen LogP contribution in [0.4, 0.5) is 8.78 Å². The van der Waals surface area contributed by atoms with Crippen molar-refractivity contribution in [2.24, 2.45) is 0 Å². The molecule has 0 bridgehead atoms. The molecule has 1 N–H and O–H groups in total. The van der Waals surface area contributed by atoms with Crippen LogP contribution in [0.1, 0.15) is 18.2 Å². The van der Waals surface area contributed by atoms with Crippen molar-refractivity contribution in [1.29, 1.82) is 0 Å². The molecule has 8 heteroatoms. The van der Waals surface area contributed by atoms with Crippen LogP contribution in [0.15, 0.2) is 35.3 Å². The van der Waals surface area contributed by atoms with Gasteiger partial charge >= 0.3 is 5.97 Å². The predicted molar refractivity (Wildman–Crippen MR) is 90.8 cm³/mol. The van der Waals surface area contributed by atoms with E-state index in [2.05, 4.69) is 10.2 Å². The van der Waals surface area contributed by atoms with Crippen LogP contribution >= 0.6 is 0 Å². The summed E-state index contributed by atoms with van der Waals surface area (Å²) in [5.74, 6) is -2.31. The second kappa shape index (κ2) is 7.47. The lowest BCUT2D eigenvalue weighted by Gasteiger charge is -2.14. The molecule has 0 atom stereocenters. The number of fused-ring (bicyclic) bond motifs is 1. The van der Waals surface area contributed by atoms with E-state index in [0.717, 1.165) is 6.07 Å². The molecule has 136 valence electrons. The molecule has 26 heavy (non-hydrogen) atoms. The van der Waals surface area contributed by atoms with Gasteiger partial charge in [0, 0.05) is 18.0 Å². The lowest BCUT2D eigenvalue weighted by atomic mass is 10.1. The van der Waals surface area contributed by atoms with E-state index in [-0.39, 0.29) is 37.0 Å². The largest absolute Gasteiger partial charge is 0.465 e. The Morgan fingerprint density at radius 1 is 1.31 bits per heavy atom. The molecule has 0 saturated heterocycles. The summed E-state index contributed by atoms with van der Waals surface area (Å²) in [6.07, 6.45) is 1.86. The van der Waals surface area contributed by atoms with Gasteiger partial charge in [0.15, 0.2) is 22.7 Å². The van der Waals surface area contributed by atoms with Crippen molar-refractivity contribution in [3.05, 3.63) is 63.6 Å². The number of carbonyl (C=O) groups excluding carboxylic acids is 1. The summed E-state index contributed by atoms with van der Waals surface area (Å²) in [7, 11) is 0. The fraction of sp³-hybridized carbons (Fsp3) is 0.278. The lowest BCUT2D eigenvalue weighted by Crippen LogP contribution is -2.20. The van der Waals surface area contributed by atoms with Gasteiger partial charge in [-0.15, -0.1) is 0 Å². The first-order chi connectivity index (χ1) is 12.5. The van der Waals surface area contributed by atoms with E-state index in [4.69, 9.17) is 4.74 Å². The lowest BCUT2D eigenvalue weighted by molar-refractivity contribution is -0.143. The molecule has 0 unspecified atom stereocenters. The molecule has 0 radical (unpaired) electrons. The molecule has 0 aliphatic heterocycles. The summed E-state index contributed by atoms with van der Waals surface area (Å²) in [6.45, 7) is 1.80. The summed E-state index contributed by atoms with van der Waals surface area (Å²) in [6, 6.07) is 5.34. The van der Waals surface area contributed by atoms with Gasteiger partial charge in [-0.2, -0.15) is 5.10 Å². The molecule has 2 aromatic heterocycles. The molecule has 0 spiro atoms. The summed E-state index contributed by atoms with van der Waals surface area (Å²) >= 11 is 0. The van der Waals surface area contributed by atoms with Crippen molar-refractivity contribution in [2.45, 2.75) is 26.3 Å². The Hall–Kier alpha value is -3.03. The summed E-state index contributed by atoms with van der Waals surface area (Å²) < 4.78 is 33.8. The number of hydrogen-bond acceptors (Lipinski definition) is 4. The highest BCUT2D eigenvalue weighted by Crippen LogP contribution is 2.16. The number of carbonyl (C=O) groups is 1. The molecule has 0 aliphatic carbocycles. The number of esters is 1. The number of aryl methyl sites for hydroxylation is 2. The van der Waals surface area contributed by atoms with Gasteiger partial charge in [-0.05, 0) is 31.4 Å². The maximum atomic E-state index is 13.9. The number of H-pyrrole nitrogens is 1. The minimum absolute atomic E-state index is 0.129. The third-order valence-electron chi connectivity index (χ3n) is 4.06. The van der Waals surface area contributed by atoms with Crippen molar-refractivity contribution in [1.82, 2.24) is 14.8 Å².